The summed E-state index contributed by atoms with van der Waals surface area (Å²) in [5.74, 6) is 0.138. The van der Waals surface area contributed by atoms with Crippen LogP contribution in [0.1, 0.15) is 19.8 Å². The highest BCUT2D eigenvalue weighted by Gasteiger charge is 2.41. The zero-order chi connectivity index (χ0) is 14.9. The maximum absolute atomic E-state index is 12.1. The molecule has 1 saturated carbocycles. The zero-order valence-corrected chi connectivity index (χ0v) is 11.8. The van der Waals surface area contributed by atoms with Crippen molar-refractivity contribution >= 4 is 5.91 Å². The smallest absolute Gasteiger partial charge is 0.331 e. The summed E-state index contributed by atoms with van der Waals surface area (Å²) in [7, 11) is 1.38. The van der Waals surface area contributed by atoms with Crippen molar-refractivity contribution in [3.8, 4) is 0 Å². The van der Waals surface area contributed by atoms with E-state index in [2.05, 4.69) is 5.32 Å². The van der Waals surface area contributed by atoms with E-state index >= 15 is 0 Å². The van der Waals surface area contributed by atoms with Crippen LogP contribution in [-0.4, -0.2) is 27.1 Å². The molecule has 1 unspecified atom stereocenters. The summed E-state index contributed by atoms with van der Waals surface area (Å²) in [6.07, 6.45) is 3.46. The first-order valence-corrected chi connectivity index (χ1v) is 6.65. The molecule has 1 amide bonds. The van der Waals surface area contributed by atoms with Crippen LogP contribution < -0.4 is 22.3 Å². The molecule has 20 heavy (non-hydrogen) atoms. The Hall–Kier alpha value is -1.89. The van der Waals surface area contributed by atoms with E-state index in [9.17, 15) is 14.4 Å². The summed E-state index contributed by atoms with van der Waals surface area (Å²) < 4.78 is 2.18. The number of nitrogens with two attached hydrogens (primary N) is 1. The van der Waals surface area contributed by atoms with E-state index in [0.29, 0.717) is 12.5 Å². The van der Waals surface area contributed by atoms with E-state index in [0.717, 1.165) is 17.4 Å². The topological polar surface area (TPSA) is 99.1 Å². The number of hydrogen-bond donors (Lipinski definition) is 2. The summed E-state index contributed by atoms with van der Waals surface area (Å²) >= 11 is 0. The van der Waals surface area contributed by atoms with E-state index in [1.54, 1.807) is 0 Å². The van der Waals surface area contributed by atoms with Gasteiger partial charge in [-0.1, -0.05) is 0 Å². The number of nitrogens with zero attached hydrogens (tertiary/aromatic N) is 2. The van der Waals surface area contributed by atoms with Crippen LogP contribution in [0, 0.1) is 5.92 Å². The van der Waals surface area contributed by atoms with Gasteiger partial charge in [-0.15, -0.1) is 0 Å². The number of amides is 1. The van der Waals surface area contributed by atoms with Gasteiger partial charge in [0.1, 0.15) is 6.54 Å². The lowest BCUT2D eigenvalue weighted by Gasteiger charge is -2.29. The van der Waals surface area contributed by atoms with Crippen LogP contribution in [0.3, 0.4) is 0 Å². The van der Waals surface area contributed by atoms with Gasteiger partial charge in [0.05, 0.1) is 5.54 Å². The van der Waals surface area contributed by atoms with Crippen LogP contribution >= 0.6 is 0 Å². The molecule has 0 aromatic carbocycles. The zero-order valence-electron chi connectivity index (χ0n) is 11.8. The first-order valence-electron chi connectivity index (χ1n) is 6.65. The van der Waals surface area contributed by atoms with Crippen molar-refractivity contribution < 1.29 is 4.79 Å². The van der Waals surface area contributed by atoms with Crippen molar-refractivity contribution in [1.29, 1.82) is 0 Å². The van der Waals surface area contributed by atoms with Gasteiger partial charge >= 0.3 is 5.69 Å². The first kappa shape index (κ1) is 14.5. The van der Waals surface area contributed by atoms with Gasteiger partial charge in [-0.3, -0.25) is 18.7 Å². The van der Waals surface area contributed by atoms with E-state index in [1.807, 2.05) is 6.92 Å². The molecule has 1 aromatic heterocycles. The van der Waals surface area contributed by atoms with E-state index in [4.69, 9.17) is 5.73 Å². The lowest BCUT2D eigenvalue weighted by Crippen LogP contribution is -2.54. The molecule has 1 aliphatic rings. The average Bonchev–Trinajstić information content (AvgIpc) is 3.24. The third-order valence-corrected chi connectivity index (χ3v) is 3.90. The monoisotopic (exact) mass is 280 g/mol. The molecule has 1 atom stereocenters. The number of carbonyl (C=O) groups is 1. The second-order valence-corrected chi connectivity index (χ2v) is 5.57. The van der Waals surface area contributed by atoms with Crippen LogP contribution in [0.15, 0.2) is 21.9 Å². The standard InChI is InChI=1S/C13H20N4O3/c1-13(8-14,9-3-4-9)15-10(18)7-17-6-5-11(19)16(2)12(17)20/h5-6,9H,3-4,7-8,14H2,1-2H3,(H,15,18). The Kier molecular flexibility index (Phi) is 3.80. The van der Waals surface area contributed by atoms with E-state index in [-0.39, 0.29) is 12.5 Å². The molecule has 7 heteroatoms. The minimum absolute atomic E-state index is 0.116. The molecular formula is C13H20N4O3. The molecule has 0 aliphatic heterocycles. The predicted molar refractivity (Wildman–Crippen MR) is 74.3 cm³/mol. The van der Waals surface area contributed by atoms with Crippen LogP contribution in [0.2, 0.25) is 0 Å². The number of carbonyl (C=O) groups excluding carboxylic acids is 1. The summed E-state index contributed by atoms with van der Waals surface area (Å²) in [5, 5.41) is 2.90. The maximum Gasteiger partial charge on any atom is 0.331 e. The van der Waals surface area contributed by atoms with Crippen molar-refractivity contribution in [3.05, 3.63) is 33.1 Å². The van der Waals surface area contributed by atoms with E-state index in [1.165, 1.54) is 23.9 Å². The molecule has 0 bridgehead atoms. The van der Waals surface area contributed by atoms with Gasteiger partial charge in [-0.25, -0.2) is 4.79 Å². The summed E-state index contributed by atoms with van der Waals surface area (Å²) in [6, 6.07) is 1.26. The predicted octanol–water partition coefficient (Wildman–Crippen LogP) is -1.21. The molecule has 1 heterocycles. The molecule has 0 radical (unpaired) electrons. The van der Waals surface area contributed by atoms with Crippen molar-refractivity contribution in [1.82, 2.24) is 14.5 Å². The first-order chi connectivity index (χ1) is 9.37. The minimum Gasteiger partial charge on any atom is -0.348 e. The fourth-order valence-electron chi connectivity index (χ4n) is 2.29. The average molecular weight is 280 g/mol. The van der Waals surface area contributed by atoms with Crippen LogP contribution in [-0.2, 0) is 18.4 Å². The highest BCUT2D eigenvalue weighted by atomic mass is 16.2. The van der Waals surface area contributed by atoms with Gasteiger partial charge in [-0.05, 0) is 25.7 Å². The summed E-state index contributed by atoms with van der Waals surface area (Å²) in [4.78, 5) is 35.2. The van der Waals surface area contributed by atoms with Gasteiger partial charge in [-0.2, -0.15) is 0 Å². The van der Waals surface area contributed by atoms with Gasteiger partial charge in [0, 0.05) is 25.9 Å². The SMILES string of the molecule is Cn1c(=O)ccn(CC(=O)NC(C)(CN)C2CC2)c1=O. The molecule has 0 saturated heterocycles. The Balaban J connectivity index is 2.11. The van der Waals surface area contributed by atoms with Crippen molar-refractivity contribution in [2.75, 3.05) is 6.54 Å². The Bertz CT molecular complexity index is 629. The maximum atomic E-state index is 12.1. The highest BCUT2D eigenvalue weighted by molar-refractivity contribution is 5.76. The quantitative estimate of drug-likeness (QED) is 0.707. The largest absolute Gasteiger partial charge is 0.348 e. The number of aromatic nitrogens is 2. The third kappa shape index (κ3) is 2.82. The molecule has 7 nitrogen and oxygen atoms in total. The molecular weight excluding hydrogens is 260 g/mol. The van der Waals surface area contributed by atoms with Crippen LogP contribution in [0.25, 0.3) is 0 Å². The Labute approximate surface area is 116 Å². The normalized spacial score (nSPS) is 17.6. The van der Waals surface area contributed by atoms with Crippen molar-refractivity contribution in [2.45, 2.75) is 31.8 Å². The lowest BCUT2D eigenvalue weighted by molar-refractivity contribution is -0.123. The Morgan fingerprint density at radius 3 is 2.70 bits per heavy atom. The van der Waals surface area contributed by atoms with Crippen LogP contribution in [0.5, 0.6) is 0 Å². The second-order valence-electron chi connectivity index (χ2n) is 5.57. The van der Waals surface area contributed by atoms with Gasteiger partial charge in [0.25, 0.3) is 5.56 Å². The van der Waals surface area contributed by atoms with Crippen molar-refractivity contribution in [3.63, 3.8) is 0 Å². The number of hydrogen-bond acceptors (Lipinski definition) is 4. The molecule has 1 fully saturated rings. The fraction of sp³-hybridized carbons (Fsp3) is 0.615. The summed E-state index contributed by atoms with van der Waals surface area (Å²) in [6.45, 7) is 2.17. The molecule has 1 aromatic rings. The fourth-order valence-corrected chi connectivity index (χ4v) is 2.29. The van der Waals surface area contributed by atoms with Crippen molar-refractivity contribution in [2.24, 2.45) is 18.7 Å². The molecule has 3 N–H and O–H groups in total. The second kappa shape index (κ2) is 5.24. The highest BCUT2D eigenvalue weighted by Crippen LogP contribution is 2.38. The Morgan fingerprint density at radius 1 is 1.50 bits per heavy atom. The van der Waals surface area contributed by atoms with Gasteiger partial charge in [0.15, 0.2) is 0 Å². The number of rotatable bonds is 5. The molecule has 1 aliphatic carbocycles. The molecule has 2 rings (SSSR count). The van der Waals surface area contributed by atoms with Gasteiger partial charge in [0.2, 0.25) is 5.91 Å². The van der Waals surface area contributed by atoms with Gasteiger partial charge < -0.3 is 11.1 Å². The minimum atomic E-state index is -0.506. The van der Waals surface area contributed by atoms with E-state index < -0.39 is 16.8 Å². The molecule has 110 valence electrons. The Morgan fingerprint density at radius 2 is 2.15 bits per heavy atom. The number of nitrogens with one attached hydrogen (secondary N) is 1. The molecule has 0 spiro atoms. The third-order valence-electron chi connectivity index (χ3n) is 3.90. The van der Waals surface area contributed by atoms with Crippen LogP contribution in [0.4, 0.5) is 0 Å². The summed E-state index contributed by atoms with van der Waals surface area (Å²) in [5.41, 5.74) is 4.42. The lowest BCUT2D eigenvalue weighted by atomic mass is 9.96.